The van der Waals surface area contributed by atoms with E-state index in [9.17, 15) is 4.79 Å². The lowest BCUT2D eigenvalue weighted by molar-refractivity contribution is -0.136. The van der Waals surface area contributed by atoms with Gasteiger partial charge in [0, 0.05) is 34.2 Å². The summed E-state index contributed by atoms with van der Waals surface area (Å²) in [7, 11) is 1.41. The molecule has 0 bridgehead atoms. The number of carbonyl (C=O) groups excluding carboxylic acids is 1. The van der Waals surface area contributed by atoms with Gasteiger partial charge in [-0.15, -0.1) is 0 Å². The van der Waals surface area contributed by atoms with Gasteiger partial charge in [0.2, 0.25) is 0 Å². The van der Waals surface area contributed by atoms with E-state index in [1.54, 1.807) is 6.20 Å². The van der Waals surface area contributed by atoms with Gasteiger partial charge in [-0.3, -0.25) is 4.98 Å². The fraction of sp³-hybridized carbons (Fsp3) is 0.200. The number of nitrogens with zero attached hydrogens (tertiary/aromatic N) is 1. The summed E-state index contributed by atoms with van der Waals surface area (Å²) in [6.07, 6.45) is 3.56. The lowest BCUT2D eigenvalue weighted by Crippen LogP contribution is -2.28. The first kappa shape index (κ1) is 17.4. The Morgan fingerprint density at radius 1 is 1.16 bits per heavy atom. The van der Waals surface area contributed by atoms with Crippen molar-refractivity contribution in [2.24, 2.45) is 0 Å². The number of hydrogen-bond acceptors (Lipinski definition) is 4. The molecule has 25 heavy (non-hydrogen) atoms. The predicted octanol–water partition coefficient (Wildman–Crippen LogP) is 4.41. The first-order valence-electron chi connectivity index (χ1n) is 7.96. The molecule has 0 saturated carbocycles. The van der Waals surface area contributed by atoms with E-state index in [1.807, 2.05) is 56.4 Å². The second-order valence-electron chi connectivity index (χ2n) is 5.89. The van der Waals surface area contributed by atoms with Crippen molar-refractivity contribution in [3.05, 3.63) is 81.4 Å². The van der Waals surface area contributed by atoms with Gasteiger partial charge in [-0.2, -0.15) is 0 Å². The standard InChI is InChI=1S/C20H19BrN2O2/c1-12-17(14-7-6-10-22-11-14)19(15-8-4-5-9-16(15)21)18(13(2)23-12)20(24)25-3/h4-11,19,23H,1-3H3. The highest BCUT2D eigenvalue weighted by atomic mass is 79.9. The smallest absolute Gasteiger partial charge is 0.336 e. The SMILES string of the molecule is COC(=O)C1=C(C)NC(C)=C(c2cccnc2)C1c1ccccc1Br. The van der Waals surface area contributed by atoms with Gasteiger partial charge in [-0.1, -0.05) is 40.2 Å². The summed E-state index contributed by atoms with van der Waals surface area (Å²) in [5.41, 5.74) is 5.42. The average Bonchev–Trinajstić information content (AvgIpc) is 2.62. The van der Waals surface area contributed by atoms with E-state index in [4.69, 9.17) is 4.74 Å². The Balaban J connectivity index is 2.27. The maximum Gasteiger partial charge on any atom is 0.336 e. The van der Waals surface area contributed by atoms with Crippen molar-refractivity contribution in [1.29, 1.82) is 0 Å². The number of allylic oxidation sites excluding steroid dienone is 3. The highest BCUT2D eigenvalue weighted by Crippen LogP contribution is 2.45. The molecule has 0 fully saturated rings. The van der Waals surface area contributed by atoms with E-state index in [-0.39, 0.29) is 11.9 Å². The summed E-state index contributed by atoms with van der Waals surface area (Å²) in [5.74, 6) is -0.576. The molecule has 2 heterocycles. The molecule has 1 aliphatic heterocycles. The van der Waals surface area contributed by atoms with Crippen LogP contribution >= 0.6 is 15.9 Å². The summed E-state index contributed by atoms with van der Waals surface area (Å²) in [5, 5.41) is 3.33. The number of esters is 1. The molecule has 0 amide bonds. The van der Waals surface area contributed by atoms with Crippen LogP contribution in [-0.2, 0) is 9.53 Å². The number of dihydropyridines is 1. The minimum Gasteiger partial charge on any atom is -0.466 e. The maximum absolute atomic E-state index is 12.6. The first-order chi connectivity index (χ1) is 12.0. The van der Waals surface area contributed by atoms with Crippen LogP contribution in [0, 0.1) is 0 Å². The molecule has 1 N–H and O–H groups in total. The highest BCUT2D eigenvalue weighted by molar-refractivity contribution is 9.10. The Morgan fingerprint density at radius 3 is 2.56 bits per heavy atom. The van der Waals surface area contributed by atoms with Crippen molar-refractivity contribution in [2.45, 2.75) is 19.8 Å². The number of rotatable bonds is 3. The fourth-order valence-corrected chi connectivity index (χ4v) is 3.81. The molecule has 4 nitrogen and oxygen atoms in total. The molecule has 1 aromatic carbocycles. The van der Waals surface area contributed by atoms with Crippen molar-refractivity contribution in [1.82, 2.24) is 10.3 Å². The summed E-state index contributed by atoms with van der Waals surface area (Å²) < 4.78 is 6.03. The normalized spacial score (nSPS) is 17.4. The molecule has 1 unspecified atom stereocenters. The highest BCUT2D eigenvalue weighted by Gasteiger charge is 2.35. The van der Waals surface area contributed by atoms with Crippen LogP contribution < -0.4 is 5.32 Å². The number of nitrogens with one attached hydrogen (secondary N) is 1. The molecule has 0 aliphatic carbocycles. The number of ether oxygens (including phenoxy) is 1. The third kappa shape index (κ3) is 3.24. The number of halogens is 1. The van der Waals surface area contributed by atoms with Gasteiger partial charge in [0.1, 0.15) is 0 Å². The summed E-state index contributed by atoms with van der Waals surface area (Å²) in [4.78, 5) is 16.8. The molecular weight excluding hydrogens is 380 g/mol. The number of pyridine rings is 1. The van der Waals surface area contributed by atoms with Crippen LogP contribution in [0.25, 0.3) is 5.57 Å². The summed E-state index contributed by atoms with van der Waals surface area (Å²) >= 11 is 3.64. The molecule has 0 radical (unpaired) electrons. The number of methoxy groups -OCH3 is 1. The van der Waals surface area contributed by atoms with Crippen LogP contribution in [0.4, 0.5) is 0 Å². The molecule has 1 atom stereocenters. The number of aromatic nitrogens is 1. The summed E-state index contributed by atoms with van der Waals surface area (Å²) in [6, 6.07) is 11.9. The van der Waals surface area contributed by atoms with Crippen LogP contribution in [0.2, 0.25) is 0 Å². The quantitative estimate of drug-likeness (QED) is 0.777. The van der Waals surface area contributed by atoms with Crippen molar-refractivity contribution < 1.29 is 9.53 Å². The third-order valence-corrected chi connectivity index (χ3v) is 5.08. The molecular formula is C20H19BrN2O2. The van der Waals surface area contributed by atoms with Gasteiger partial charge < -0.3 is 10.1 Å². The molecule has 3 rings (SSSR count). The topological polar surface area (TPSA) is 51.2 Å². The molecule has 128 valence electrons. The van der Waals surface area contributed by atoms with Gasteiger partial charge in [0.25, 0.3) is 0 Å². The van der Waals surface area contributed by atoms with Gasteiger partial charge in [0.15, 0.2) is 0 Å². The minimum absolute atomic E-state index is 0.242. The Labute approximate surface area is 155 Å². The Morgan fingerprint density at radius 2 is 1.92 bits per heavy atom. The van der Waals surface area contributed by atoms with Crippen molar-refractivity contribution in [2.75, 3.05) is 7.11 Å². The van der Waals surface area contributed by atoms with Gasteiger partial charge >= 0.3 is 5.97 Å². The number of benzene rings is 1. The lowest BCUT2D eigenvalue weighted by atomic mass is 9.78. The monoisotopic (exact) mass is 398 g/mol. The molecule has 2 aromatic rings. The van der Waals surface area contributed by atoms with Crippen LogP contribution in [0.15, 0.2) is 70.2 Å². The van der Waals surface area contributed by atoms with Crippen LogP contribution in [0.5, 0.6) is 0 Å². The Hall–Kier alpha value is -2.40. The van der Waals surface area contributed by atoms with Crippen molar-refractivity contribution >= 4 is 27.5 Å². The second kappa shape index (κ2) is 7.23. The fourth-order valence-electron chi connectivity index (χ4n) is 3.30. The first-order valence-corrected chi connectivity index (χ1v) is 8.75. The van der Waals surface area contributed by atoms with Gasteiger partial charge in [-0.05, 0) is 42.7 Å². The van der Waals surface area contributed by atoms with E-state index in [0.29, 0.717) is 5.57 Å². The van der Waals surface area contributed by atoms with E-state index < -0.39 is 0 Å². The number of carbonyl (C=O) groups is 1. The zero-order chi connectivity index (χ0) is 18.0. The van der Waals surface area contributed by atoms with Crippen molar-refractivity contribution in [3.8, 4) is 0 Å². The van der Waals surface area contributed by atoms with Crippen LogP contribution in [0.3, 0.4) is 0 Å². The minimum atomic E-state index is -0.334. The zero-order valence-electron chi connectivity index (χ0n) is 14.3. The predicted molar refractivity (Wildman–Crippen MR) is 102 cm³/mol. The van der Waals surface area contributed by atoms with Crippen LogP contribution in [0.1, 0.15) is 30.9 Å². The Kier molecular flexibility index (Phi) is 5.04. The van der Waals surface area contributed by atoms with E-state index in [0.717, 1.165) is 32.6 Å². The largest absolute Gasteiger partial charge is 0.466 e. The second-order valence-corrected chi connectivity index (χ2v) is 6.74. The maximum atomic E-state index is 12.6. The average molecular weight is 399 g/mol. The van der Waals surface area contributed by atoms with Gasteiger partial charge in [-0.25, -0.2) is 4.79 Å². The zero-order valence-corrected chi connectivity index (χ0v) is 15.9. The lowest BCUT2D eigenvalue weighted by Gasteiger charge is -2.32. The molecule has 1 aliphatic rings. The van der Waals surface area contributed by atoms with E-state index in [2.05, 4.69) is 26.2 Å². The number of hydrogen-bond donors (Lipinski definition) is 1. The van der Waals surface area contributed by atoms with E-state index >= 15 is 0 Å². The van der Waals surface area contributed by atoms with E-state index in [1.165, 1.54) is 7.11 Å². The van der Waals surface area contributed by atoms with Crippen LogP contribution in [-0.4, -0.2) is 18.1 Å². The summed E-state index contributed by atoms with van der Waals surface area (Å²) in [6.45, 7) is 3.92. The molecule has 5 heteroatoms. The molecule has 0 spiro atoms. The van der Waals surface area contributed by atoms with Crippen molar-refractivity contribution in [3.63, 3.8) is 0 Å². The molecule has 1 aromatic heterocycles. The molecule has 0 saturated heterocycles. The third-order valence-electron chi connectivity index (χ3n) is 4.35. The van der Waals surface area contributed by atoms with Gasteiger partial charge in [0.05, 0.1) is 12.7 Å². The Bertz CT molecular complexity index is 872.